The summed E-state index contributed by atoms with van der Waals surface area (Å²) in [6.07, 6.45) is 2.08. The van der Waals surface area contributed by atoms with Gasteiger partial charge < -0.3 is 30.0 Å². The maximum absolute atomic E-state index is 14.5. The number of hydroxylamine groups is 1. The Balaban J connectivity index is 1.79. The smallest absolute Gasteiger partial charge is 0.409 e. The average Bonchev–Trinajstić information content (AvgIpc) is 3.35. The molecule has 0 spiro atoms. The summed E-state index contributed by atoms with van der Waals surface area (Å²) in [5.74, 6) is -3.09. The minimum atomic E-state index is -1.000. The van der Waals surface area contributed by atoms with E-state index in [2.05, 4.69) is 24.1 Å². The predicted molar refractivity (Wildman–Crippen MR) is 180 cm³/mol. The second kappa shape index (κ2) is 14.1. The first-order valence-corrected chi connectivity index (χ1v) is 16.6. The average molecular weight is 710 g/mol. The summed E-state index contributed by atoms with van der Waals surface area (Å²) in [6, 6.07) is 4.91. The quantitative estimate of drug-likeness (QED) is 0.220. The van der Waals surface area contributed by atoms with Crippen LogP contribution in [0.15, 0.2) is 24.4 Å². The highest BCUT2D eigenvalue weighted by molar-refractivity contribution is 6.42. The van der Waals surface area contributed by atoms with Crippen LogP contribution < -0.4 is 21.3 Å². The molecule has 1 aromatic carbocycles. The van der Waals surface area contributed by atoms with Crippen molar-refractivity contribution >= 4 is 47.0 Å². The van der Waals surface area contributed by atoms with Gasteiger partial charge in [-0.2, -0.15) is 0 Å². The third-order valence-electron chi connectivity index (χ3n) is 10.3. The van der Waals surface area contributed by atoms with Crippen molar-refractivity contribution in [3.8, 4) is 5.75 Å². The fraction of sp³-hybridized carbons (Fsp3) is 0.576. The van der Waals surface area contributed by atoms with E-state index in [4.69, 9.17) is 38.4 Å². The molecular formula is C33H46Cl2N6O7. The normalized spacial score (nSPS) is 21.7. The molecular weight excluding hydrogens is 663 g/mol. The van der Waals surface area contributed by atoms with Gasteiger partial charge in [0.05, 0.1) is 22.6 Å². The van der Waals surface area contributed by atoms with Crippen molar-refractivity contribution in [3.05, 3.63) is 51.3 Å². The lowest BCUT2D eigenvalue weighted by Gasteiger charge is -2.61. The van der Waals surface area contributed by atoms with Gasteiger partial charge in [0, 0.05) is 43.0 Å². The molecule has 5 N–H and O–H groups in total. The number of carbonyl (C=O) groups excluding carboxylic acids is 4. The van der Waals surface area contributed by atoms with Crippen LogP contribution in [0, 0.1) is 11.8 Å². The molecule has 2 aliphatic rings. The van der Waals surface area contributed by atoms with E-state index >= 15 is 0 Å². The summed E-state index contributed by atoms with van der Waals surface area (Å²) in [5, 5.41) is 13.4. The van der Waals surface area contributed by atoms with Crippen molar-refractivity contribution in [2.75, 3.05) is 26.7 Å². The molecule has 2 aliphatic heterocycles. The number of halogens is 2. The van der Waals surface area contributed by atoms with Crippen molar-refractivity contribution in [2.24, 2.45) is 24.6 Å². The number of hydrogen-bond donors (Lipinski definition) is 4. The van der Waals surface area contributed by atoms with Crippen LogP contribution in [0.3, 0.4) is 0 Å². The van der Waals surface area contributed by atoms with Crippen LogP contribution >= 0.6 is 23.2 Å². The van der Waals surface area contributed by atoms with E-state index in [0.717, 1.165) is 0 Å². The lowest BCUT2D eigenvalue weighted by atomic mass is 9.57. The molecule has 0 saturated carbocycles. The maximum atomic E-state index is 14.5. The fourth-order valence-electron chi connectivity index (χ4n) is 7.53. The highest BCUT2D eigenvalue weighted by Crippen LogP contribution is 2.51. The number of amides is 4. The SMILES string of the molecule is CCOC(=O)N1CCC(NC(=O)c2c(OCc3ccc(Cl)c(Cl)c3)c(C(=O)NO)cn2C)(C2CC(C)(C)N(C)C(C)(C)C2C(N)=O)CC1. The van der Waals surface area contributed by atoms with E-state index in [0.29, 0.717) is 34.9 Å². The van der Waals surface area contributed by atoms with E-state index in [1.807, 2.05) is 20.9 Å². The molecule has 1 aromatic heterocycles. The first-order valence-electron chi connectivity index (χ1n) is 15.9. The molecule has 3 heterocycles. The molecule has 2 atom stereocenters. The number of carbonyl (C=O) groups is 4. The molecule has 0 radical (unpaired) electrons. The summed E-state index contributed by atoms with van der Waals surface area (Å²) < 4.78 is 12.8. The Hall–Kier alpha value is -3.52. The predicted octanol–water partition coefficient (Wildman–Crippen LogP) is 4.36. The summed E-state index contributed by atoms with van der Waals surface area (Å²) in [4.78, 5) is 57.1. The third kappa shape index (κ3) is 7.10. The Kier molecular flexibility index (Phi) is 11.0. The molecule has 2 fully saturated rings. The van der Waals surface area contributed by atoms with E-state index in [1.54, 1.807) is 42.6 Å². The second-order valence-electron chi connectivity index (χ2n) is 13.8. The summed E-state index contributed by atoms with van der Waals surface area (Å²) in [6.45, 7) is 10.6. The number of likely N-dealkylation sites (tertiary alicyclic amines) is 2. The van der Waals surface area contributed by atoms with E-state index in [-0.39, 0.29) is 48.8 Å². The Labute approximate surface area is 290 Å². The van der Waals surface area contributed by atoms with Gasteiger partial charge in [-0.1, -0.05) is 29.3 Å². The number of rotatable bonds is 9. The molecule has 48 heavy (non-hydrogen) atoms. The molecule has 264 valence electrons. The van der Waals surface area contributed by atoms with Crippen molar-refractivity contribution in [1.82, 2.24) is 25.2 Å². The van der Waals surface area contributed by atoms with Crippen LogP contribution in [0.5, 0.6) is 5.75 Å². The molecule has 0 bridgehead atoms. The largest absolute Gasteiger partial charge is 0.486 e. The highest BCUT2D eigenvalue weighted by Gasteiger charge is 2.59. The Morgan fingerprint density at radius 1 is 1.04 bits per heavy atom. The molecule has 2 unspecified atom stereocenters. The van der Waals surface area contributed by atoms with Crippen LogP contribution in [-0.2, 0) is 23.2 Å². The molecule has 2 saturated heterocycles. The van der Waals surface area contributed by atoms with Crippen LogP contribution in [0.25, 0.3) is 0 Å². The minimum absolute atomic E-state index is 0.0166. The van der Waals surface area contributed by atoms with Crippen molar-refractivity contribution in [1.29, 1.82) is 0 Å². The molecule has 15 heteroatoms. The zero-order chi connectivity index (χ0) is 35.8. The number of nitrogens with one attached hydrogen (secondary N) is 2. The van der Waals surface area contributed by atoms with E-state index in [9.17, 15) is 24.4 Å². The van der Waals surface area contributed by atoms with Crippen LogP contribution in [0.4, 0.5) is 4.79 Å². The Morgan fingerprint density at radius 3 is 2.25 bits per heavy atom. The zero-order valence-electron chi connectivity index (χ0n) is 28.5. The van der Waals surface area contributed by atoms with Crippen molar-refractivity contribution in [3.63, 3.8) is 0 Å². The Bertz CT molecular complexity index is 1570. The number of aryl methyl sites for hydroxylation is 1. The molecule has 2 aromatic rings. The van der Waals surface area contributed by atoms with Gasteiger partial charge in [0.25, 0.3) is 11.8 Å². The first kappa shape index (κ1) is 37.3. The summed E-state index contributed by atoms with van der Waals surface area (Å²) >= 11 is 12.3. The highest BCUT2D eigenvalue weighted by atomic mass is 35.5. The van der Waals surface area contributed by atoms with Crippen LogP contribution in [0.2, 0.25) is 10.0 Å². The molecule has 13 nitrogen and oxygen atoms in total. The number of benzene rings is 1. The first-order chi connectivity index (χ1) is 22.4. The van der Waals surface area contributed by atoms with Gasteiger partial charge in [0.1, 0.15) is 17.9 Å². The zero-order valence-corrected chi connectivity index (χ0v) is 30.0. The monoisotopic (exact) mass is 708 g/mol. The van der Waals surface area contributed by atoms with E-state index in [1.165, 1.54) is 10.8 Å². The number of primary amides is 1. The lowest BCUT2D eigenvalue weighted by Crippen LogP contribution is -2.72. The van der Waals surface area contributed by atoms with Crippen LogP contribution in [-0.4, -0.2) is 86.7 Å². The van der Waals surface area contributed by atoms with Gasteiger partial charge in [0.2, 0.25) is 5.91 Å². The van der Waals surface area contributed by atoms with Gasteiger partial charge in [0.15, 0.2) is 5.75 Å². The van der Waals surface area contributed by atoms with Crippen LogP contribution in [0.1, 0.15) is 80.3 Å². The maximum Gasteiger partial charge on any atom is 0.409 e. The van der Waals surface area contributed by atoms with Gasteiger partial charge >= 0.3 is 6.09 Å². The number of ether oxygens (including phenoxy) is 2. The second-order valence-corrected chi connectivity index (χ2v) is 14.6. The Morgan fingerprint density at radius 2 is 1.69 bits per heavy atom. The van der Waals surface area contributed by atoms with Gasteiger partial charge in [-0.25, -0.2) is 10.3 Å². The number of aromatic nitrogens is 1. The summed E-state index contributed by atoms with van der Waals surface area (Å²) in [5.41, 5.74) is 6.26. The fourth-order valence-corrected chi connectivity index (χ4v) is 7.85. The molecule has 0 aliphatic carbocycles. The topological polar surface area (TPSA) is 168 Å². The number of nitrogens with two attached hydrogens (primary N) is 1. The van der Waals surface area contributed by atoms with E-state index < -0.39 is 46.7 Å². The number of nitrogens with zero attached hydrogens (tertiary/aromatic N) is 3. The minimum Gasteiger partial charge on any atom is -0.486 e. The van der Waals surface area contributed by atoms with Gasteiger partial charge in [-0.05, 0) is 84.5 Å². The molecule has 4 rings (SSSR count). The third-order valence-corrected chi connectivity index (χ3v) is 11.0. The standard InChI is InChI=1S/C33H46Cl2N6O7/c1-8-47-30(45)41-13-11-33(12-14-41,21-16-31(2,3)40(7)32(4,5)24(21)27(36)42)37-29(44)25-26(20(17-39(25)6)28(43)38-46)48-18-19-9-10-22(34)23(35)15-19/h9-10,15,17,21,24,46H,8,11-14,16,18H2,1-7H3,(H2,36,42)(H,37,44)(H,38,43). The number of hydrogen-bond acceptors (Lipinski definition) is 8. The van der Waals surface area contributed by atoms with Crippen molar-refractivity contribution < 1.29 is 33.9 Å². The summed E-state index contributed by atoms with van der Waals surface area (Å²) in [7, 11) is 3.55. The van der Waals surface area contributed by atoms with Gasteiger partial charge in [-0.15, -0.1) is 0 Å². The van der Waals surface area contributed by atoms with Gasteiger partial charge in [-0.3, -0.25) is 24.5 Å². The lowest BCUT2D eigenvalue weighted by molar-refractivity contribution is -0.148. The van der Waals surface area contributed by atoms with Crippen molar-refractivity contribution in [2.45, 2.75) is 77.1 Å². The number of piperidine rings is 2. The molecule has 4 amide bonds.